The lowest BCUT2D eigenvalue weighted by molar-refractivity contribution is 0.242. The van der Waals surface area contributed by atoms with Crippen molar-refractivity contribution in [1.29, 1.82) is 0 Å². The fourth-order valence-corrected chi connectivity index (χ4v) is 2.06. The van der Waals surface area contributed by atoms with E-state index in [1.54, 1.807) is 30.7 Å². The van der Waals surface area contributed by atoms with Gasteiger partial charge in [0.15, 0.2) is 0 Å². The van der Waals surface area contributed by atoms with Crippen LogP contribution in [-0.4, -0.2) is 16.2 Å². The van der Waals surface area contributed by atoms with E-state index in [-0.39, 0.29) is 6.10 Å². The second-order valence-corrected chi connectivity index (χ2v) is 5.15. The molecule has 0 saturated heterocycles. The molecule has 0 atom stereocenters. The van der Waals surface area contributed by atoms with E-state index in [4.69, 9.17) is 25.3 Å². The topological polar surface area (TPSA) is 61.3 Å². The highest BCUT2D eigenvalue weighted by Crippen LogP contribution is 2.30. The average molecular weight is 305 g/mol. The Morgan fingerprint density at radius 3 is 2.71 bits per heavy atom. The van der Waals surface area contributed by atoms with Gasteiger partial charge in [-0.2, -0.15) is 4.98 Å². The number of benzene rings is 1. The molecule has 6 heteroatoms. The molecule has 3 aromatic rings. The van der Waals surface area contributed by atoms with Crippen LogP contribution in [0.15, 0.2) is 45.7 Å². The minimum absolute atomic E-state index is 0.0613. The zero-order valence-corrected chi connectivity index (χ0v) is 12.3. The van der Waals surface area contributed by atoms with Crippen LogP contribution in [0.3, 0.4) is 0 Å². The Bertz CT molecular complexity index is 735. The number of hydrogen-bond acceptors (Lipinski definition) is 5. The van der Waals surface area contributed by atoms with Crippen molar-refractivity contribution < 1.29 is 13.7 Å². The molecule has 3 rings (SSSR count). The Morgan fingerprint density at radius 1 is 1.19 bits per heavy atom. The molecule has 0 N–H and O–H groups in total. The summed E-state index contributed by atoms with van der Waals surface area (Å²) in [4.78, 5) is 4.32. The SMILES string of the molecule is CC(C)Oc1ccc(-c2noc(-c3ccoc3)n2)cc1Cl. The third-order valence-electron chi connectivity index (χ3n) is 2.75. The normalized spacial score (nSPS) is 11.0. The van der Waals surface area contributed by atoms with Gasteiger partial charge in [0.2, 0.25) is 5.82 Å². The van der Waals surface area contributed by atoms with E-state index in [2.05, 4.69) is 10.1 Å². The van der Waals surface area contributed by atoms with Crippen LogP contribution in [0.25, 0.3) is 22.8 Å². The van der Waals surface area contributed by atoms with Crippen LogP contribution in [0.4, 0.5) is 0 Å². The predicted molar refractivity (Wildman–Crippen MR) is 78.2 cm³/mol. The van der Waals surface area contributed by atoms with Crippen LogP contribution >= 0.6 is 11.6 Å². The molecule has 0 aliphatic rings. The molecule has 0 aliphatic heterocycles. The maximum atomic E-state index is 6.20. The monoisotopic (exact) mass is 304 g/mol. The largest absolute Gasteiger partial charge is 0.489 e. The number of furan rings is 1. The third kappa shape index (κ3) is 2.92. The Balaban J connectivity index is 1.89. The molecule has 0 spiro atoms. The number of halogens is 1. The fourth-order valence-electron chi connectivity index (χ4n) is 1.83. The van der Waals surface area contributed by atoms with E-state index in [9.17, 15) is 0 Å². The molecular formula is C15H13ClN2O3. The standard InChI is InChI=1S/C15H13ClN2O3/c1-9(2)20-13-4-3-10(7-12(13)16)14-17-15(21-18-14)11-5-6-19-8-11/h3-9H,1-2H3. The van der Waals surface area contributed by atoms with E-state index >= 15 is 0 Å². The highest BCUT2D eigenvalue weighted by Gasteiger charge is 2.13. The summed E-state index contributed by atoms with van der Waals surface area (Å²) in [6.07, 6.45) is 3.16. The van der Waals surface area contributed by atoms with E-state index < -0.39 is 0 Å². The highest BCUT2D eigenvalue weighted by atomic mass is 35.5. The van der Waals surface area contributed by atoms with Gasteiger partial charge in [0, 0.05) is 5.56 Å². The van der Waals surface area contributed by atoms with Crippen molar-refractivity contribution in [2.45, 2.75) is 20.0 Å². The van der Waals surface area contributed by atoms with E-state index in [1.165, 1.54) is 0 Å². The van der Waals surface area contributed by atoms with Crippen LogP contribution in [0.1, 0.15) is 13.8 Å². The lowest BCUT2D eigenvalue weighted by atomic mass is 10.2. The summed E-state index contributed by atoms with van der Waals surface area (Å²) in [5, 5.41) is 4.46. The summed E-state index contributed by atoms with van der Waals surface area (Å²) in [6.45, 7) is 3.89. The van der Waals surface area contributed by atoms with Crippen molar-refractivity contribution in [1.82, 2.24) is 10.1 Å². The minimum atomic E-state index is 0.0613. The summed E-state index contributed by atoms with van der Waals surface area (Å²) in [5.41, 5.74) is 1.49. The van der Waals surface area contributed by atoms with E-state index in [1.807, 2.05) is 19.9 Å². The molecule has 0 aliphatic carbocycles. The summed E-state index contributed by atoms with van der Waals surface area (Å²) >= 11 is 6.20. The molecule has 2 aromatic heterocycles. The lowest BCUT2D eigenvalue weighted by Crippen LogP contribution is -2.05. The van der Waals surface area contributed by atoms with Crippen molar-refractivity contribution in [2.24, 2.45) is 0 Å². The molecule has 108 valence electrons. The Kier molecular flexibility index (Phi) is 3.66. The number of nitrogens with zero attached hydrogens (tertiary/aromatic N) is 2. The van der Waals surface area contributed by atoms with Gasteiger partial charge >= 0.3 is 0 Å². The molecule has 5 nitrogen and oxygen atoms in total. The molecule has 1 aromatic carbocycles. The van der Waals surface area contributed by atoms with Gasteiger partial charge in [-0.05, 0) is 38.1 Å². The first-order valence-corrected chi connectivity index (χ1v) is 6.84. The van der Waals surface area contributed by atoms with Gasteiger partial charge in [-0.1, -0.05) is 16.8 Å². The lowest BCUT2D eigenvalue weighted by Gasteiger charge is -2.11. The molecule has 21 heavy (non-hydrogen) atoms. The van der Waals surface area contributed by atoms with Crippen molar-refractivity contribution in [3.05, 3.63) is 41.8 Å². The van der Waals surface area contributed by atoms with E-state index in [0.29, 0.717) is 22.5 Å². The average Bonchev–Trinajstić information content (AvgIpc) is 3.10. The highest BCUT2D eigenvalue weighted by molar-refractivity contribution is 6.32. The maximum absolute atomic E-state index is 6.20. The van der Waals surface area contributed by atoms with Gasteiger partial charge in [-0.15, -0.1) is 0 Å². The Hall–Kier alpha value is -2.27. The Labute approximate surface area is 126 Å². The molecule has 2 heterocycles. The van der Waals surface area contributed by atoms with Gasteiger partial charge in [0.05, 0.1) is 23.0 Å². The quantitative estimate of drug-likeness (QED) is 0.713. The summed E-state index contributed by atoms with van der Waals surface area (Å²) < 4.78 is 15.8. The number of hydrogen-bond donors (Lipinski definition) is 0. The fraction of sp³-hybridized carbons (Fsp3) is 0.200. The maximum Gasteiger partial charge on any atom is 0.261 e. The number of aromatic nitrogens is 2. The van der Waals surface area contributed by atoms with Crippen molar-refractivity contribution in [3.63, 3.8) is 0 Å². The first kappa shape index (κ1) is 13.7. The van der Waals surface area contributed by atoms with Gasteiger partial charge < -0.3 is 13.7 Å². The van der Waals surface area contributed by atoms with Crippen molar-refractivity contribution in [2.75, 3.05) is 0 Å². The molecule has 0 fully saturated rings. The third-order valence-corrected chi connectivity index (χ3v) is 3.04. The predicted octanol–water partition coefficient (Wildman–Crippen LogP) is 4.44. The zero-order chi connectivity index (χ0) is 14.8. The minimum Gasteiger partial charge on any atom is -0.489 e. The molecule has 0 saturated carbocycles. The molecular weight excluding hydrogens is 292 g/mol. The van der Waals surface area contributed by atoms with Crippen molar-refractivity contribution >= 4 is 11.6 Å². The second-order valence-electron chi connectivity index (χ2n) is 4.75. The van der Waals surface area contributed by atoms with Crippen molar-refractivity contribution in [3.8, 4) is 28.6 Å². The van der Waals surface area contributed by atoms with Gasteiger partial charge in [0.1, 0.15) is 12.0 Å². The van der Waals surface area contributed by atoms with Crippen LogP contribution in [0, 0.1) is 0 Å². The van der Waals surface area contributed by atoms with Crippen LogP contribution in [-0.2, 0) is 0 Å². The molecule has 0 radical (unpaired) electrons. The zero-order valence-electron chi connectivity index (χ0n) is 11.5. The van der Waals surface area contributed by atoms with Gasteiger partial charge in [-0.25, -0.2) is 0 Å². The smallest absolute Gasteiger partial charge is 0.261 e. The van der Waals surface area contributed by atoms with Crippen LogP contribution in [0.5, 0.6) is 5.75 Å². The molecule has 0 unspecified atom stereocenters. The summed E-state index contributed by atoms with van der Waals surface area (Å²) in [5.74, 6) is 1.50. The first-order valence-electron chi connectivity index (χ1n) is 6.46. The second kappa shape index (κ2) is 5.61. The van der Waals surface area contributed by atoms with Gasteiger partial charge in [-0.3, -0.25) is 0 Å². The molecule has 0 bridgehead atoms. The van der Waals surface area contributed by atoms with Gasteiger partial charge in [0.25, 0.3) is 5.89 Å². The number of rotatable bonds is 4. The van der Waals surface area contributed by atoms with Crippen LogP contribution < -0.4 is 4.74 Å². The van der Waals surface area contributed by atoms with E-state index in [0.717, 1.165) is 11.1 Å². The Morgan fingerprint density at radius 2 is 2.05 bits per heavy atom. The van der Waals surface area contributed by atoms with Crippen LogP contribution in [0.2, 0.25) is 5.02 Å². The number of ether oxygens (including phenoxy) is 1. The molecule has 0 amide bonds. The summed E-state index contributed by atoms with van der Waals surface area (Å²) in [6, 6.07) is 7.15. The first-order chi connectivity index (χ1) is 10.1. The summed E-state index contributed by atoms with van der Waals surface area (Å²) in [7, 11) is 0.